The molecule has 2 N–H and O–H groups in total. The van der Waals surface area contributed by atoms with Crippen molar-refractivity contribution in [2.45, 2.75) is 43.3 Å². The smallest absolute Gasteiger partial charge is 0.322 e. The van der Waals surface area contributed by atoms with Crippen LogP contribution in [0.2, 0.25) is 0 Å². The zero-order valence-corrected chi connectivity index (χ0v) is 9.22. The van der Waals surface area contributed by atoms with E-state index in [-0.39, 0.29) is 25.2 Å². The van der Waals surface area contributed by atoms with Gasteiger partial charge in [-0.25, -0.2) is 0 Å². The molecule has 1 atom stereocenters. The number of nitrogens with two attached hydrogens (primary N) is 1. The number of hydrogen-bond donors (Lipinski definition) is 1. The van der Waals surface area contributed by atoms with Crippen molar-refractivity contribution in [3.8, 4) is 0 Å². The predicted molar refractivity (Wildman–Crippen MR) is 48.5 cm³/mol. The highest BCUT2D eigenvalue weighted by Gasteiger charge is 2.75. The average molecular weight is 290 g/mol. The third-order valence-corrected chi connectivity index (χ3v) is 2.85. The van der Waals surface area contributed by atoms with Crippen molar-refractivity contribution in [3.63, 3.8) is 0 Å². The second kappa shape index (κ2) is 4.79. The number of rotatable bonds is 3. The van der Waals surface area contributed by atoms with Gasteiger partial charge >= 0.3 is 18.0 Å². The molecule has 0 saturated heterocycles. The molecule has 0 bridgehead atoms. The van der Waals surface area contributed by atoms with Gasteiger partial charge in [0.2, 0.25) is 0 Å². The highest BCUT2D eigenvalue weighted by molar-refractivity contribution is 5.85. The lowest BCUT2D eigenvalue weighted by molar-refractivity contribution is -0.361. The molecule has 1 nitrogen and oxygen atoms in total. The second-order valence-corrected chi connectivity index (χ2v) is 3.91. The molecule has 1 rings (SSSR count). The summed E-state index contributed by atoms with van der Waals surface area (Å²) in [6, 6.07) is -2.46. The van der Waals surface area contributed by atoms with E-state index in [4.69, 9.17) is 5.73 Å². The molecule has 1 aliphatic carbocycles. The van der Waals surface area contributed by atoms with Crippen molar-refractivity contribution < 1.29 is 30.7 Å². The standard InChI is InChI=1S/C8H10F7N.ClH/c9-6(10,5(16)4-2-1-3-4)7(11,12)8(13,14)15;/h4-5H,1-3,16H2;1H/t5-;/m0./s1. The molecule has 1 aliphatic rings. The summed E-state index contributed by atoms with van der Waals surface area (Å²) in [6.07, 6.45) is -5.46. The zero-order chi connectivity index (χ0) is 12.8. The highest BCUT2D eigenvalue weighted by Crippen LogP contribution is 2.50. The maximum absolute atomic E-state index is 13.0. The molecule has 0 aromatic rings. The van der Waals surface area contributed by atoms with Gasteiger partial charge in [-0.15, -0.1) is 12.4 Å². The minimum atomic E-state index is -6.29. The van der Waals surface area contributed by atoms with Crippen LogP contribution >= 0.6 is 12.4 Å². The van der Waals surface area contributed by atoms with Gasteiger partial charge in [-0.05, 0) is 18.8 Å². The first-order valence-corrected chi connectivity index (χ1v) is 4.59. The van der Waals surface area contributed by atoms with E-state index in [1.54, 1.807) is 0 Å². The summed E-state index contributed by atoms with van der Waals surface area (Å²) in [5.41, 5.74) is 4.81. The van der Waals surface area contributed by atoms with Crippen molar-refractivity contribution in [3.05, 3.63) is 0 Å². The van der Waals surface area contributed by atoms with E-state index in [2.05, 4.69) is 0 Å². The van der Waals surface area contributed by atoms with Gasteiger partial charge < -0.3 is 5.73 Å². The molecule has 104 valence electrons. The summed E-state index contributed by atoms with van der Waals surface area (Å²) in [5.74, 6) is -12.3. The van der Waals surface area contributed by atoms with Crippen LogP contribution in [0.3, 0.4) is 0 Å². The van der Waals surface area contributed by atoms with Crippen LogP contribution in [0.25, 0.3) is 0 Å². The Labute approximate surface area is 98.9 Å². The van der Waals surface area contributed by atoms with Gasteiger partial charge in [0.1, 0.15) is 0 Å². The first-order chi connectivity index (χ1) is 7.02. The summed E-state index contributed by atoms with van der Waals surface area (Å²) in [7, 11) is 0. The molecule has 1 saturated carbocycles. The van der Waals surface area contributed by atoms with Crippen LogP contribution in [0, 0.1) is 5.92 Å². The van der Waals surface area contributed by atoms with Crippen LogP contribution in [0.1, 0.15) is 19.3 Å². The molecular formula is C8H11ClF7N. The summed E-state index contributed by atoms with van der Waals surface area (Å²) < 4.78 is 86.4. The van der Waals surface area contributed by atoms with E-state index >= 15 is 0 Å². The normalized spacial score (nSPS) is 20.5. The second-order valence-electron chi connectivity index (χ2n) is 3.91. The van der Waals surface area contributed by atoms with Crippen LogP contribution in [0.15, 0.2) is 0 Å². The van der Waals surface area contributed by atoms with Gasteiger partial charge in [0, 0.05) is 0 Å². The molecule has 9 heteroatoms. The summed E-state index contributed by atoms with van der Waals surface area (Å²) >= 11 is 0. The van der Waals surface area contributed by atoms with Gasteiger partial charge in [-0.1, -0.05) is 6.42 Å². The minimum Gasteiger partial charge on any atom is -0.322 e. The molecule has 0 heterocycles. The van der Waals surface area contributed by atoms with E-state index in [0.717, 1.165) is 0 Å². The van der Waals surface area contributed by atoms with E-state index in [9.17, 15) is 30.7 Å². The Hall–Kier alpha value is -0.240. The fourth-order valence-electron chi connectivity index (χ4n) is 1.49. The van der Waals surface area contributed by atoms with Crippen molar-refractivity contribution in [1.82, 2.24) is 0 Å². The molecule has 0 spiro atoms. The number of hydrogen-bond acceptors (Lipinski definition) is 1. The van der Waals surface area contributed by atoms with Crippen LogP contribution < -0.4 is 5.73 Å². The average Bonchev–Trinajstić information content (AvgIpc) is 1.98. The molecule has 0 aromatic heterocycles. The van der Waals surface area contributed by atoms with Crippen LogP contribution in [-0.2, 0) is 0 Å². The molecule has 0 amide bonds. The zero-order valence-electron chi connectivity index (χ0n) is 8.41. The first-order valence-electron chi connectivity index (χ1n) is 4.59. The van der Waals surface area contributed by atoms with Gasteiger partial charge in [0.05, 0.1) is 6.04 Å². The monoisotopic (exact) mass is 289 g/mol. The van der Waals surface area contributed by atoms with Crippen molar-refractivity contribution >= 4 is 12.4 Å². The SMILES string of the molecule is Cl.N[C@@H](C1CCC1)C(F)(F)C(F)(F)C(F)(F)F. The predicted octanol–water partition coefficient (Wildman–Crippen LogP) is 3.37. The molecule has 1 fully saturated rings. The molecular weight excluding hydrogens is 279 g/mol. The summed E-state index contributed by atoms with van der Waals surface area (Å²) in [5, 5.41) is 0. The third kappa shape index (κ3) is 2.62. The summed E-state index contributed by atoms with van der Waals surface area (Å²) in [4.78, 5) is 0. The quantitative estimate of drug-likeness (QED) is 0.792. The van der Waals surface area contributed by atoms with E-state index < -0.39 is 30.0 Å². The molecule has 0 aliphatic heterocycles. The lowest BCUT2D eigenvalue weighted by Crippen LogP contribution is -2.63. The molecule has 0 unspecified atom stereocenters. The minimum absolute atomic E-state index is 0. The largest absolute Gasteiger partial charge is 0.459 e. The van der Waals surface area contributed by atoms with Crippen LogP contribution in [-0.4, -0.2) is 24.1 Å². The third-order valence-electron chi connectivity index (χ3n) is 2.85. The molecule has 0 aromatic carbocycles. The highest BCUT2D eigenvalue weighted by atomic mass is 35.5. The van der Waals surface area contributed by atoms with Gasteiger partial charge in [-0.3, -0.25) is 0 Å². The van der Waals surface area contributed by atoms with Gasteiger partial charge in [0.25, 0.3) is 0 Å². The van der Waals surface area contributed by atoms with Crippen molar-refractivity contribution in [2.24, 2.45) is 11.7 Å². The van der Waals surface area contributed by atoms with Crippen LogP contribution in [0.4, 0.5) is 30.7 Å². The Balaban J connectivity index is 0.00000256. The number of halogens is 8. The van der Waals surface area contributed by atoms with E-state index in [0.29, 0.717) is 6.42 Å². The maximum Gasteiger partial charge on any atom is 0.459 e. The maximum atomic E-state index is 13.0. The fourth-order valence-corrected chi connectivity index (χ4v) is 1.49. The van der Waals surface area contributed by atoms with Crippen molar-refractivity contribution in [2.75, 3.05) is 0 Å². The van der Waals surface area contributed by atoms with Gasteiger partial charge in [-0.2, -0.15) is 30.7 Å². The Morgan fingerprint density at radius 3 is 1.59 bits per heavy atom. The summed E-state index contributed by atoms with van der Waals surface area (Å²) in [6.45, 7) is 0. The Morgan fingerprint density at radius 1 is 0.941 bits per heavy atom. The Kier molecular flexibility index (Phi) is 4.73. The first kappa shape index (κ1) is 16.8. The van der Waals surface area contributed by atoms with Crippen LogP contribution in [0.5, 0.6) is 0 Å². The number of alkyl halides is 7. The van der Waals surface area contributed by atoms with E-state index in [1.165, 1.54) is 0 Å². The van der Waals surface area contributed by atoms with Gasteiger partial charge in [0.15, 0.2) is 0 Å². The fraction of sp³-hybridized carbons (Fsp3) is 1.00. The molecule has 17 heavy (non-hydrogen) atoms. The lowest BCUT2D eigenvalue weighted by Gasteiger charge is -2.39. The van der Waals surface area contributed by atoms with E-state index in [1.807, 2.05) is 0 Å². The van der Waals surface area contributed by atoms with Crippen molar-refractivity contribution in [1.29, 1.82) is 0 Å². The topological polar surface area (TPSA) is 26.0 Å². The molecule has 0 radical (unpaired) electrons. The lowest BCUT2D eigenvalue weighted by atomic mass is 9.76. The Bertz CT molecular complexity index is 261. The Morgan fingerprint density at radius 2 is 1.35 bits per heavy atom.